The molecular weight excluding hydrogens is 549 g/mol. The highest BCUT2D eigenvalue weighted by Gasteiger charge is 2.59. The molecule has 4 unspecified atom stereocenters. The van der Waals surface area contributed by atoms with E-state index in [0.29, 0.717) is 25.0 Å². The Morgan fingerprint density at radius 2 is 1.83 bits per heavy atom. The predicted octanol–water partition coefficient (Wildman–Crippen LogP) is 8.36. The van der Waals surface area contributed by atoms with Gasteiger partial charge in [-0.3, -0.25) is 4.57 Å². The highest BCUT2D eigenvalue weighted by atomic mass is 31.2. The number of fused-ring (bicyclic) bond motifs is 5. The SMILES string of the molecule is CC(C)CCC[C@@H](C)[C@H]1CCC2C3CC=C4C[C@@H](OC(=O)NCCCOCCOP(C)(=O)O)CC[C@]4(C)C3CC[C@@]21C. The molecular formula is C34H60NO6P. The summed E-state index contributed by atoms with van der Waals surface area (Å²) >= 11 is 0. The summed E-state index contributed by atoms with van der Waals surface area (Å²) in [5.74, 6) is 5.00. The van der Waals surface area contributed by atoms with Gasteiger partial charge in [-0.25, -0.2) is 4.79 Å². The standard InChI is InChI=1S/C34H60NO6P/c1-24(2)9-7-10-25(3)29-13-14-30-28-12-11-26-23-27(15-17-33(26,4)31(28)16-18-34(29,30)5)41-32(36)35-19-8-20-39-21-22-40-42(6,37)38/h11,24-25,27-31H,7-10,12-23H2,1-6H3,(H,35,36)(H,37,38)/t25-,27+,28?,29-,30?,31?,33+,34-/m1/s1. The van der Waals surface area contributed by atoms with Crippen molar-refractivity contribution in [3.63, 3.8) is 0 Å². The van der Waals surface area contributed by atoms with E-state index in [1.54, 1.807) is 5.57 Å². The van der Waals surface area contributed by atoms with Gasteiger partial charge in [0.1, 0.15) is 6.10 Å². The van der Waals surface area contributed by atoms with Crippen molar-refractivity contribution in [3.8, 4) is 0 Å². The van der Waals surface area contributed by atoms with Crippen LogP contribution >= 0.6 is 7.60 Å². The van der Waals surface area contributed by atoms with Crippen molar-refractivity contribution in [1.29, 1.82) is 0 Å². The number of alkyl carbamates (subject to hydrolysis) is 1. The van der Waals surface area contributed by atoms with Crippen molar-refractivity contribution in [1.82, 2.24) is 5.32 Å². The maximum atomic E-state index is 12.5. The number of nitrogens with one attached hydrogen (secondary N) is 1. The second-order valence-corrected chi connectivity index (χ2v) is 17.0. The van der Waals surface area contributed by atoms with E-state index in [1.807, 2.05) is 0 Å². The number of amides is 1. The molecule has 0 saturated heterocycles. The van der Waals surface area contributed by atoms with Crippen LogP contribution < -0.4 is 5.32 Å². The molecule has 4 rings (SSSR count). The number of hydrogen-bond acceptors (Lipinski definition) is 5. The Bertz CT molecular complexity index is 979. The average Bonchev–Trinajstić information content (AvgIpc) is 3.27. The first-order valence-electron chi connectivity index (χ1n) is 17.0. The lowest BCUT2D eigenvalue weighted by Crippen LogP contribution is -2.51. The summed E-state index contributed by atoms with van der Waals surface area (Å²) in [6, 6.07) is 0. The van der Waals surface area contributed by atoms with Gasteiger partial charge in [-0.2, -0.15) is 0 Å². The quantitative estimate of drug-likeness (QED) is 0.117. The van der Waals surface area contributed by atoms with Crippen molar-refractivity contribution in [2.45, 2.75) is 118 Å². The number of ether oxygens (including phenoxy) is 2. The van der Waals surface area contributed by atoms with E-state index < -0.39 is 7.60 Å². The molecule has 0 bridgehead atoms. The third-order valence-corrected chi connectivity index (χ3v) is 12.5. The molecule has 0 radical (unpaired) electrons. The van der Waals surface area contributed by atoms with Crippen LogP contribution in [0.4, 0.5) is 4.79 Å². The van der Waals surface area contributed by atoms with Gasteiger partial charge >= 0.3 is 13.7 Å². The molecule has 2 N–H and O–H groups in total. The van der Waals surface area contributed by atoms with Gasteiger partial charge in [-0.15, -0.1) is 0 Å². The van der Waals surface area contributed by atoms with Gasteiger partial charge in [-0.05, 0) is 97.7 Å². The van der Waals surface area contributed by atoms with E-state index in [9.17, 15) is 9.36 Å². The van der Waals surface area contributed by atoms with Crippen molar-refractivity contribution in [2.75, 3.05) is 33.0 Å². The van der Waals surface area contributed by atoms with Crippen molar-refractivity contribution < 1.29 is 28.3 Å². The molecule has 1 amide bonds. The van der Waals surface area contributed by atoms with Crippen LogP contribution in [0.5, 0.6) is 0 Å². The van der Waals surface area contributed by atoms with Crippen LogP contribution in [0, 0.1) is 46.3 Å². The number of rotatable bonds is 14. The smallest absolute Gasteiger partial charge is 0.407 e. The number of hydrogen-bond donors (Lipinski definition) is 2. The molecule has 9 atom stereocenters. The second-order valence-electron chi connectivity index (χ2n) is 15.1. The summed E-state index contributed by atoms with van der Waals surface area (Å²) in [5, 5.41) is 2.86. The first kappa shape index (κ1) is 34.0. The summed E-state index contributed by atoms with van der Waals surface area (Å²) < 4.78 is 27.1. The third kappa shape index (κ3) is 8.23. The van der Waals surface area contributed by atoms with E-state index >= 15 is 0 Å². The molecule has 7 nitrogen and oxygen atoms in total. The third-order valence-electron chi connectivity index (χ3n) is 11.8. The summed E-state index contributed by atoms with van der Waals surface area (Å²) in [5.41, 5.74) is 2.31. The Morgan fingerprint density at radius 3 is 2.57 bits per heavy atom. The molecule has 3 fully saturated rings. The fraction of sp³-hybridized carbons (Fsp3) is 0.912. The van der Waals surface area contributed by atoms with Gasteiger partial charge in [0.25, 0.3) is 0 Å². The molecule has 0 aromatic rings. The van der Waals surface area contributed by atoms with Crippen LogP contribution in [0.3, 0.4) is 0 Å². The lowest BCUT2D eigenvalue weighted by molar-refractivity contribution is -0.0581. The van der Waals surface area contributed by atoms with Crippen molar-refractivity contribution in [2.24, 2.45) is 46.3 Å². The van der Waals surface area contributed by atoms with Crippen molar-refractivity contribution >= 4 is 13.7 Å². The first-order chi connectivity index (χ1) is 19.8. The van der Waals surface area contributed by atoms with E-state index in [-0.39, 0.29) is 30.8 Å². The fourth-order valence-electron chi connectivity index (χ4n) is 9.68. The molecule has 242 valence electrons. The second kappa shape index (κ2) is 14.5. The van der Waals surface area contributed by atoms with E-state index in [2.05, 4.69) is 46.0 Å². The summed E-state index contributed by atoms with van der Waals surface area (Å²) in [4.78, 5) is 21.6. The maximum absolute atomic E-state index is 12.5. The molecule has 0 aromatic carbocycles. The number of carbonyl (C=O) groups excluding carboxylic acids is 1. The van der Waals surface area contributed by atoms with Crippen LogP contribution in [0.2, 0.25) is 0 Å². The van der Waals surface area contributed by atoms with Crippen LogP contribution in [0.1, 0.15) is 112 Å². The van der Waals surface area contributed by atoms with E-state index in [1.165, 1.54) is 51.4 Å². The molecule has 0 spiro atoms. The molecule has 0 aliphatic heterocycles. The van der Waals surface area contributed by atoms with Gasteiger partial charge in [0.2, 0.25) is 0 Å². The number of allylic oxidation sites excluding steroid dienone is 1. The van der Waals surface area contributed by atoms with Crippen molar-refractivity contribution in [3.05, 3.63) is 11.6 Å². The molecule has 42 heavy (non-hydrogen) atoms. The minimum Gasteiger partial charge on any atom is -0.446 e. The van der Waals surface area contributed by atoms with Gasteiger partial charge in [0, 0.05) is 26.2 Å². The Labute approximate surface area is 255 Å². The van der Waals surface area contributed by atoms with Gasteiger partial charge < -0.3 is 24.2 Å². The zero-order chi connectivity index (χ0) is 30.5. The normalized spacial score (nSPS) is 36.3. The predicted molar refractivity (Wildman–Crippen MR) is 168 cm³/mol. The molecule has 3 saturated carbocycles. The molecule has 0 heterocycles. The van der Waals surface area contributed by atoms with E-state index in [4.69, 9.17) is 18.9 Å². The fourth-order valence-corrected chi connectivity index (χ4v) is 10.1. The largest absolute Gasteiger partial charge is 0.446 e. The molecule has 4 aliphatic carbocycles. The van der Waals surface area contributed by atoms with Gasteiger partial charge in [0.15, 0.2) is 0 Å². The van der Waals surface area contributed by atoms with Crippen LogP contribution in [-0.2, 0) is 18.6 Å². The van der Waals surface area contributed by atoms with Gasteiger partial charge in [0.05, 0.1) is 13.2 Å². The average molecular weight is 610 g/mol. The topological polar surface area (TPSA) is 94.1 Å². The van der Waals surface area contributed by atoms with Crippen LogP contribution in [0.25, 0.3) is 0 Å². The first-order valence-corrected chi connectivity index (χ1v) is 19.0. The molecule has 8 heteroatoms. The zero-order valence-corrected chi connectivity index (χ0v) is 28.3. The van der Waals surface area contributed by atoms with Crippen LogP contribution in [-0.4, -0.2) is 50.1 Å². The Balaban J connectivity index is 1.23. The molecule has 4 aliphatic rings. The highest BCUT2D eigenvalue weighted by molar-refractivity contribution is 7.51. The number of carbonyl (C=O) groups is 1. The Morgan fingerprint density at radius 1 is 1.05 bits per heavy atom. The minimum absolute atomic E-state index is 0.0473. The molecule has 0 aromatic heterocycles. The summed E-state index contributed by atoms with van der Waals surface area (Å²) in [6.45, 7) is 14.9. The Kier molecular flexibility index (Phi) is 11.7. The van der Waals surface area contributed by atoms with E-state index in [0.717, 1.165) is 61.4 Å². The summed E-state index contributed by atoms with van der Waals surface area (Å²) in [6.07, 6.45) is 16.7. The minimum atomic E-state index is -3.46. The monoisotopic (exact) mass is 609 g/mol. The lowest BCUT2D eigenvalue weighted by Gasteiger charge is -2.58. The maximum Gasteiger partial charge on any atom is 0.407 e. The highest BCUT2D eigenvalue weighted by Crippen LogP contribution is 2.67. The Hall–Kier alpha value is -0.880. The lowest BCUT2D eigenvalue weighted by atomic mass is 9.47. The summed E-state index contributed by atoms with van der Waals surface area (Å²) in [7, 11) is -3.46. The van der Waals surface area contributed by atoms with Crippen LogP contribution in [0.15, 0.2) is 11.6 Å². The zero-order valence-electron chi connectivity index (χ0n) is 27.4. The van der Waals surface area contributed by atoms with Gasteiger partial charge in [-0.1, -0.05) is 65.5 Å².